The average molecular weight is 513 g/mol. The minimum atomic E-state index is -3.98. The molecular formula is C27H32N2O6S. The van der Waals surface area contributed by atoms with Gasteiger partial charge in [-0.2, -0.15) is 4.72 Å². The molecule has 8 nitrogen and oxygen atoms in total. The van der Waals surface area contributed by atoms with E-state index in [9.17, 15) is 13.2 Å². The van der Waals surface area contributed by atoms with Gasteiger partial charge in [-0.15, -0.1) is 0 Å². The van der Waals surface area contributed by atoms with Crippen molar-refractivity contribution in [2.75, 3.05) is 20.8 Å². The Labute approximate surface area is 212 Å². The second-order valence-electron chi connectivity index (χ2n) is 8.11. The van der Waals surface area contributed by atoms with Crippen LogP contribution in [0.1, 0.15) is 31.0 Å². The summed E-state index contributed by atoms with van der Waals surface area (Å²) in [5, 5.41) is 2.92. The highest BCUT2D eigenvalue weighted by molar-refractivity contribution is 7.89. The van der Waals surface area contributed by atoms with Crippen molar-refractivity contribution in [2.24, 2.45) is 0 Å². The first kappa shape index (κ1) is 27.0. The van der Waals surface area contributed by atoms with Crippen LogP contribution in [0, 0.1) is 0 Å². The summed E-state index contributed by atoms with van der Waals surface area (Å²) in [6.45, 7) is 4.14. The lowest BCUT2D eigenvalue weighted by atomic mass is 10.0. The predicted molar refractivity (Wildman–Crippen MR) is 138 cm³/mol. The Morgan fingerprint density at radius 2 is 1.58 bits per heavy atom. The minimum absolute atomic E-state index is 0.0461. The molecule has 0 aliphatic rings. The molecule has 9 heteroatoms. The molecule has 2 N–H and O–H groups in total. The van der Waals surface area contributed by atoms with E-state index in [0.717, 1.165) is 11.1 Å². The van der Waals surface area contributed by atoms with E-state index >= 15 is 0 Å². The largest absolute Gasteiger partial charge is 0.494 e. The van der Waals surface area contributed by atoms with E-state index in [1.807, 2.05) is 50.2 Å². The van der Waals surface area contributed by atoms with Crippen molar-refractivity contribution in [3.05, 3.63) is 83.9 Å². The third-order valence-corrected chi connectivity index (χ3v) is 7.10. The summed E-state index contributed by atoms with van der Waals surface area (Å²) >= 11 is 0. The normalized spacial score (nSPS) is 12.9. The predicted octanol–water partition coefficient (Wildman–Crippen LogP) is 3.87. The van der Waals surface area contributed by atoms with E-state index < -0.39 is 28.0 Å². The number of hydrogen-bond acceptors (Lipinski definition) is 6. The second kappa shape index (κ2) is 12.4. The van der Waals surface area contributed by atoms with Crippen molar-refractivity contribution in [1.82, 2.24) is 10.0 Å². The van der Waals surface area contributed by atoms with Crippen molar-refractivity contribution < 1.29 is 27.4 Å². The van der Waals surface area contributed by atoms with Crippen molar-refractivity contribution in [2.45, 2.75) is 37.2 Å². The molecule has 0 saturated heterocycles. The molecule has 0 aliphatic carbocycles. The molecule has 0 aromatic heterocycles. The number of benzene rings is 3. The monoisotopic (exact) mass is 512 g/mol. The molecule has 0 spiro atoms. The summed E-state index contributed by atoms with van der Waals surface area (Å²) in [5.41, 5.74) is 1.61. The van der Waals surface area contributed by atoms with Crippen LogP contribution in [-0.2, 0) is 21.2 Å². The van der Waals surface area contributed by atoms with Crippen LogP contribution in [0.25, 0.3) is 0 Å². The summed E-state index contributed by atoms with van der Waals surface area (Å²) in [4.78, 5) is 13.4. The average Bonchev–Trinajstić information content (AvgIpc) is 2.88. The topological polar surface area (TPSA) is 103 Å². The Kier molecular flexibility index (Phi) is 9.32. The maximum atomic E-state index is 13.3. The van der Waals surface area contributed by atoms with Crippen molar-refractivity contribution in [3.63, 3.8) is 0 Å². The highest BCUT2D eigenvalue weighted by Crippen LogP contribution is 2.30. The first-order valence-corrected chi connectivity index (χ1v) is 13.1. The van der Waals surface area contributed by atoms with E-state index in [2.05, 4.69) is 10.0 Å². The van der Waals surface area contributed by atoms with Gasteiger partial charge in [-0.1, -0.05) is 36.4 Å². The molecule has 0 fully saturated rings. The lowest BCUT2D eigenvalue weighted by Crippen LogP contribution is -2.48. The molecule has 0 aliphatic heterocycles. The maximum Gasteiger partial charge on any atom is 0.241 e. The molecule has 36 heavy (non-hydrogen) atoms. The van der Waals surface area contributed by atoms with Gasteiger partial charge in [-0.05, 0) is 67.8 Å². The molecule has 1 amide bonds. The van der Waals surface area contributed by atoms with Gasteiger partial charge in [0.2, 0.25) is 15.9 Å². The van der Waals surface area contributed by atoms with E-state index in [4.69, 9.17) is 14.2 Å². The molecule has 192 valence electrons. The number of methoxy groups -OCH3 is 2. The molecule has 0 radical (unpaired) electrons. The fourth-order valence-electron chi connectivity index (χ4n) is 3.69. The highest BCUT2D eigenvalue weighted by atomic mass is 32.2. The third kappa shape index (κ3) is 6.99. The Morgan fingerprint density at radius 3 is 2.19 bits per heavy atom. The maximum absolute atomic E-state index is 13.3. The van der Waals surface area contributed by atoms with Gasteiger partial charge in [0.15, 0.2) is 11.5 Å². The van der Waals surface area contributed by atoms with Crippen LogP contribution in [-0.4, -0.2) is 41.2 Å². The summed E-state index contributed by atoms with van der Waals surface area (Å²) in [6.07, 6.45) is 0.182. The molecule has 0 heterocycles. The van der Waals surface area contributed by atoms with E-state index in [1.54, 1.807) is 31.4 Å². The van der Waals surface area contributed by atoms with Crippen molar-refractivity contribution in [1.29, 1.82) is 0 Å². The quantitative estimate of drug-likeness (QED) is 0.382. The Balaban J connectivity index is 1.82. The Hall–Kier alpha value is -3.56. The van der Waals surface area contributed by atoms with E-state index in [0.29, 0.717) is 23.9 Å². The van der Waals surface area contributed by atoms with Crippen LogP contribution in [0.4, 0.5) is 0 Å². The Bertz CT molecular complexity index is 1250. The fourth-order valence-corrected chi connectivity index (χ4v) is 4.89. The zero-order chi connectivity index (χ0) is 26.1. The van der Waals surface area contributed by atoms with Crippen molar-refractivity contribution >= 4 is 15.9 Å². The molecule has 3 aromatic rings. The molecule has 2 atom stereocenters. The number of sulfonamides is 1. The highest BCUT2D eigenvalue weighted by Gasteiger charge is 2.27. The first-order valence-electron chi connectivity index (χ1n) is 11.6. The molecule has 3 rings (SSSR count). The summed E-state index contributed by atoms with van der Waals surface area (Å²) < 4.78 is 44.9. The number of rotatable bonds is 12. The number of hydrogen-bond donors (Lipinski definition) is 2. The van der Waals surface area contributed by atoms with Crippen LogP contribution < -0.4 is 24.2 Å². The lowest BCUT2D eigenvalue weighted by Gasteiger charge is -2.22. The molecule has 0 saturated carbocycles. The first-order chi connectivity index (χ1) is 17.3. The number of nitrogens with one attached hydrogen (secondary N) is 2. The lowest BCUT2D eigenvalue weighted by molar-refractivity contribution is -0.123. The number of ether oxygens (including phenoxy) is 3. The van der Waals surface area contributed by atoms with Gasteiger partial charge in [-0.3, -0.25) is 4.79 Å². The van der Waals surface area contributed by atoms with E-state index in [1.165, 1.54) is 19.2 Å². The van der Waals surface area contributed by atoms with Crippen LogP contribution in [0.15, 0.2) is 77.7 Å². The van der Waals surface area contributed by atoms with E-state index in [-0.39, 0.29) is 11.3 Å². The molecule has 3 aromatic carbocycles. The standard InChI is InChI=1S/C27H32N2O6S/c1-5-35-22-12-14-23(15-13-22)36(31,32)29-24(17-20-9-7-6-8-10-20)27(30)28-19(2)21-11-16-25(33-3)26(18-21)34-4/h6-16,18-19,24,29H,5,17H2,1-4H3,(H,28,30)/t19-,24-/m0/s1. The molecule has 0 bridgehead atoms. The third-order valence-electron chi connectivity index (χ3n) is 5.61. The minimum Gasteiger partial charge on any atom is -0.494 e. The summed E-state index contributed by atoms with van der Waals surface area (Å²) in [6, 6.07) is 19.2. The number of carbonyl (C=O) groups is 1. The number of carbonyl (C=O) groups excluding carboxylic acids is 1. The Morgan fingerprint density at radius 1 is 0.917 bits per heavy atom. The second-order valence-corrected chi connectivity index (χ2v) is 9.83. The van der Waals surface area contributed by atoms with Crippen molar-refractivity contribution in [3.8, 4) is 17.2 Å². The van der Waals surface area contributed by atoms with Gasteiger partial charge >= 0.3 is 0 Å². The molecular weight excluding hydrogens is 480 g/mol. The number of amides is 1. The molecule has 0 unspecified atom stereocenters. The fraction of sp³-hybridized carbons (Fsp3) is 0.296. The van der Waals surface area contributed by atoms with Gasteiger partial charge in [0, 0.05) is 0 Å². The van der Waals surface area contributed by atoms with Gasteiger partial charge in [0.05, 0.1) is 31.8 Å². The van der Waals surface area contributed by atoms with Gasteiger partial charge in [0.1, 0.15) is 11.8 Å². The van der Waals surface area contributed by atoms with Gasteiger partial charge in [0.25, 0.3) is 0 Å². The van der Waals surface area contributed by atoms with Gasteiger partial charge < -0.3 is 19.5 Å². The summed E-state index contributed by atoms with van der Waals surface area (Å²) in [5.74, 6) is 1.23. The van der Waals surface area contributed by atoms with Gasteiger partial charge in [-0.25, -0.2) is 8.42 Å². The van der Waals surface area contributed by atoms with Crippen LogP contribution in [0.5, 0.6) is 17.2 Å². The van der Waals surface area contributed by atoms with Crippen LogP contribution in [0.3, 0.4) is 0 Å². The van der Waals surface area contributed by atoms with Crippen LogP contribution >= 0.6 is 0 Å². The zero-order valence-electron chi connectivity index (χ0n) is 20.9. The smallest absolute Gasteiger partial charge is 0.241 e. The SMILES string of the molecule is CCOc1ccc(S(=O)(=O)N[C@@H](Cc2ccccc2)C(=O)N[C@@H](C)c2ccc(OC)c(OC)c2)cc1. The van der Waals surface area contributed by atoms with Crippen LogP contribution in [0.2, 0.25) is 0 Å². The summed E-state index contributed by atoms with van der Waals surface area (Å²) in [7, 11) is -0.892. The zero-order valence-corrected chi connectivity index (χ0v) is 21.7.